The van der Waals surface area contributed by atoms with Crippen molar-refractivity contribution in [1.82, 2.24) is 14.8 Å². The van der Waals surface area contributed by atoms with Gasteiger partial charge in [-0.15, -0.1) is 0 Å². The lowest BCUT2D eigenvalue weighted by Gasteiger charge is -2.39. The zero-order valence-electron chi connectivity index (χ0n) is 19.6. The Morgan fingerprint density at radius 2 is 1.88 bits per heavy atom. The van der Waals surface area contributed by atoms with Crippen LogP contribution in [0.15, 0.2) is 29.2 Å². The summed E-state index contributed by atoms with van der Waals surface area (Å²) >= 11 is 0. The first-order valence-electron chi connectivity index (χ1n) is 10.6. The molecule has 10 heteroatoms. The number of hydrogen-bond acceptors (Lipinski definition) is 5. The summed E-state index contributed by atoms with van der Waals surface area (Å²) in [6.07, 6.45) is 0.662. The van der Waals surface area contributed by atoms with Crippen molar-refractivity contribution in [1.29, 1.82) is 0 Å². The molecule has 0 saturated carbocycles. The molecule has 0 bridgehead atoms. The maximum Gasteiger partial charge on any atom is 0.276 e. The number of halogens is 2. The van der Waals surface area contributed by atoms with Crippen LogP contribution in [0.5, 0.6) is 5.75 Å². The molecule has 1 aromatic heterocycles. The number of carbonyl (C=O) groups is 2. The van der Waals surface area contributed by atoms with Crippen molar-refractivity contribution >= 4 is 11.8 Å². The van der Waals surface area contributed by atoms with E-state index >= 15 is 0 Å². The lowest BCUT2D eigenvalue weighted by atomic mass is 10.1. The normalized spacial score (nSPS) is 15.0. The maximum absolute atomic E-state index is 13.8. The van der Waals surface area contributed by atoms with Crippen LogP contribution in [0.2, 0.25) is 0 Å². The minimum Gasteiger partial charge on any atom is -0.491 e. The van der Waals surface area contributed by atoms with Crippen molar-refractivity contribution in [2.75, 3.05) is 14.2 Å². The van der Waals surface area contributed by atoms with Gasteiger partial charge in [-0.1, -0.05) is 19.9 Å². The summed E-state index contributed by atoms with van der Waals surface area (Å²) in [5.41, 5.74) is -0.958. The number of methoxy groups -OCH3 is 2. The first kappa shape index (κ1) is 26.0. The zero-order valence-corrected chi connectivity index (χ0v) is 19.6. The van der Waals surface area contributed by atoms with Gasteiger partial charge in [0, 0.05) is 37.5 Å². The van der Waals surface area contributed by atoms with Crippen LogP contribution < -0.4 is 15.5 Å². The molecule has 2 amide bonds. The number of fused-ring (bicyclic) bond motifs is 1. The fourth-order valence-electron chi connectivity index (χ4n) is 3.55. The van der Waals surface area contributed by atoms with E-state index in [2.05, 4.69) is 5.32 Å². The first-order valence-corrected chi connectivity index (χ1v) is 10.6. The van der Waals surface area contributed by atoms with E-state index in [1.165, 1.54) is 35.9 Å². The van der Waals surface area contributed by atoms with Gasteiger partial charge in [-0.3, -0.25) is 14.4 Å². The van der Waals surface area contributed by atoms with Crippen LogP contribution in [-0.4, -0.2) is 47.8 Å². The van der Waals surface area contributed by atoms with Gasteiger partial charge in [0.05, 0.1) is 13.7 Å². The van der Waals surface area contributed by atoms with E-state index in [0.717, 1.165) is 6.07 Å². The summed E-state index contributed by atoms with van der Waals surface area (Å²) in [5.74, 6) is -3.05. The highest BCUT2D eigenvalue weighted by molar-refractivity contribution is 5.99. The first-order chi connectivity index (χ1) is 15.7. The Kier molecular flexibility index (Phi) is 8.69. The molecule has 33 heavy (non-hydrogen) atoms. The number of amides is 2. The van der Waals surface area contributed by atoms with Gasteiger partial charge in [0.1, 0.15) is 17.2 Å². The Balaban J connectivity index is 0.00000187. The molecule has 0 unspecified atom stereocenters. The molecule has 1 aliphatic rings. The van der Waals surface area contributed by atoms with E-state index < -0.39 is 35.1 Å². The van der Waals surface area contributed by atoms with Gasteiger partial charge in [-0.2, -0.15) is 0 Å². The SMILES string of the molecule is CC.COc1c2n(cc(C(=O)NCc3ccc(F)cc3F)c1=O)C[C@H](OC)N(C(C)C)C2=O. The molecule has 1 aromatic carbocycles. The molecular weight excluding hydrogens is 436 g/mol. The van der Waals surface area contributed by atoms with Crippen LogP contribution in [0.4, 0.5) is 8.78 Å². The zero-order chi connectivity index (χ0) is 24.9. The lowest BCUT2D eigenvalue weighted by molar-refractivity contribution is -0.0513. The molecule has 0 fully saturated rings. The molecule has 1 aliphatic heterocycles. The number of rotatable bonds is 6. The second-order valence-corrected chi connectivity index (χ2v) is 7.32. The second-order valence-electron chi connectivity index (χ2n) is 7.32. The summed E-state index contributed by atoms with van der Waals surface area (Å²) in [4.78, 5) is 40.1. The van der Waals surface area contributed by atoms with Gasteiger partial charge in [0.25, 0.3) is 11.8 Å². The van der Waals surface area contributed by atoms with Gasteiger partial charge in [-0.05, 0) is 19.9 Å². The topological polar surface area (TPSA) is 89.9 Å². The van der Waals surface area contributed by atoms with E-state index in [1.54, 1.807) is 0 Å². The molecule has 0 saturated heterocycles. The van der Waals surface area contributed by atoms with Crippen LogP contribution >= 0.6 is 0 Å². The number of nitrogens with one attached hydrogen (secondary N) is 1. The number of hydrogen-bond donors (Lipinski definition) is 1. The minimum absolute atomic E-state index is 0.0237. The Morgan fingerprint density at radius 3 is 2.42 bits per heavy atom. The summed E-state index contributed by atoms with van der Waals surface area (Å²) in [6, 6.07) is 2.78. The molecule has 2 heterocycles. The standard InChI is InChI=1S/C21H23F2N3O5.C2H6/c1-11(2)26-16(30-3)10-25-9-14(18(27)19(31-4)17(25)21(26)29)20(28)24-8-12-5-6-13(22)7-15(12)23;1-2/h5-7,9,11,16H,8,10H2,1-4H3,(H,24,28);1-2H3/t16-;/m0./s1. The van der Waals surface area contributed by atoms with Crippen molar-refractivity contribution in [2.24, 2.45) is 0 Å². The smallest absolute Gasteiger partial charge is 0.276 e. The number of nitrogens with zero attached hydrogens (tertiary/aromatic N) is 2. The third-order valence-corrected chi connectivity index (χ3v) is 5.07. The van der Waals surface area contributed by atoms with Crippen molar-refractivity contribution in [2.45, 2.75) is 53.1 Å². The van der Waals surface area contributed by atoms with Gasteiger partial charge >= 0.3 is 0 Å². The molecule has 2 aromatic rings. The van der Waals surface area contributed by atoms with Crippen molar-refractivity contribution < 1.29 is 27.8 Å². The van der Waals surface area contributed by atoms with Crippen LogP contribution in [0.25, 0.3) is 0 Å². The fourth-order valence-corrected chi connectivity index (χ4v) is 3.55. The highest BCUT2D eigenvalue weighted by atomic mass is 19.1. The number of benzene rings is 1. The van der Waals surface area contributed by atoms with Crippen LogP contribution in [0.3, 0.4) is 0 Å². The monoisotopic (exact) mass is 465 g/mol. The lowest BCUT2D eigenvalue weighted by Crippen LogP contribution is -2.53. The predicted octanol–water partition coefficient (Wildman–Crippen LogP) is 2.93. The third-order valence-electron chi connectivity index (χ3n) is 5.07. The van der Waals surface area contributed by atoms with Crippen molar-refractivity contribution in [3.8, 4) is 5.75 Å². The van der Waals surface area contributed by atoms with Crippen molar-refractivity contribution in [3.63, 3.8) is 0 Å². The molecule has 0 spiro atoms. The van der Waals surface area contributed by atoms with Crippen LogP contribution in [-0.2, 0) is 17.8 Å². The molecule has 0 radical (unpaired) electrons. The van der Waals surface area contributed by atoms with Gasteiger partial charge in [0.15, 0.2) is 17.7 Å². The molecule has 8 nitrogen and oxygen atoms in total. The Labute approximate surface area is 191 Å². The molecule has 180 valence electrons. The van der Waals surface area contributed by atoms with Gasteiger partial charge in [0.2, 0.25) is 5.43 Å². The molecule has 0 aliphatic carbocycles. The van der Waals surface area contributed by atoms with Crippen molar-refractivity contribution in [3.05, 3.63) is 63.1 Å². The Morgan fingerprint density at radius 1 is 1.21 bits per heavy atom. The molecular formula is C23H29F2N3O5. The Bertz CT molecular complexity index is 1080. The van der Waals surface area contributed by atoms with Crippen LogP contribution in [0.1, 0.15) is 54.1 Å². The van der Waals surface area contributed by atoms with E-state index in [0.29, 0.717) is 6.07 Å². The van der Waals surface area contributed by atoms with E-state index in [9.17, 15) is 23.2 Å². The summed E-state index contributed by atoms with van der Waals surface area (Å²) in [6.45, 7) is 7.57. The average molecular weight is 465 g/mol. The maximum atomic E-state index is 13.8. The fraction of sp³-hybridized carbons (Fsp3) is 0.435. The summed E-state index contributed by atoms with van der Waals surface area (Å²) in [5, 5.41) is 2.44. The van der Waals surface area contributed by atoms with E-state index in [1.807, 2.05) is 27.7 Å². The minimum atomic E-state index is -0.817. The average Bonchev–Trinajstić information content (AvgIpc) is 2.79. The molecule has 1 atom stereocenters. The highest BCUT2D eigenvalue weighted by Gasteiger charge is 2.38. The number of ether oxygens (including phenoxy) is 2. The summed E-state index contributed by atoms with van der Waals surface area (Å²) in [7, 11) is 2.70. The number of aromatic nitrogens is 1. The summed E-state index contributed by atoms with van der Waals surface area (Å²) < 4.78 is 38.9. The quantitative estimate of drug-likeness (QED) is 0.709. The predicted molar refractivity (Wildman–Crippen MR) is 118 cm³/mol. The number of pyridine rings is 1. The van der Waals surface area contributed by atoms with Gasteiger partial charge < -0.3 is 24.3 Å². The van der Waals surface area contributed by atoms with E-state index in [4.69, 9.17) is 9.47 Å². The molecule has 3 rings (SSSR count). The van der Waals surface area contributed by atoms with Gasteiger partial charge in [-0.25, -0.2) is 8.78 Å². The largest absolute Gasteiger partial charge is 0.491 e. The third kappa shape index (κ3) is 5.22. The number of carbonyl (C=O) groups excluding carboxylic acids is 2. The highest BCUT2D eigenvalue weighted by Crippen LogP contribution is 2.26. The van der Waals surface area contributed by atoms with E-state index in [-0.39, 0.29) is 41.7 Å². The van der Waals surface area contributed by atoms with Crippen LogP contribution in [0, 0.1) is 11.6 Å². The molecule has 1 N–H and O–H groups in total. The Hall–Kier alpha value is -3.27. The second kappa shape index (κ2) is 11.0.